The van der Waals surface area contributed by atoms with Crippen molar-refractivity contribution in [2.75, 3.05) is 5.32 Å². The summed E-state index contributed by atoms with van der Waals surface area (Å²) in [5.74, 6) is 0. The molecule has 16 heavy (non-hydrogen) atoms. The van der Waals surface area contributed by atoms with Gasteiger partial charge >= 0.3 is 0 Å². The van der Waals surface area contributed by atoms with Crippen LogP contribution in [0.1, 0.15) is 17.6 Å². The molecule has 2 aromatic rings. The van der Waals surface area contributed by atoms with Gasteiger partial charge in [0, 0.05) is 15.5 Å². The number of benzene rings is 1. The largest absolute Gasteiger partial charge is 0.378 e. The Morgan fingerprint density at radius 2 is 2.19 bits per heavy atom. The summed E-state index contributed by atoms with van der Waals surface area (Å²) in [6.07, 6.45) is 1.01. The zero-order chi connectivity index (χ0) is 11.4. The van der Waals surface area contributed by atoms with E-state index in [0.29, 0.717) is 0 Å². The highest BCUT2D eigenvalue weighted by atomic mass is 79.9. The lowest BCUT2D eigenvalue weighted by atomic mass is 10.3. The van der Waals surface area contributed by atoms with Crippen LogP contribution in [0.15, 0.2) is 34.1 Å². The van der Waals surface area contributed by atoms with Gasteiger partial charge < -0.3 is 5.32 Å². The Morgan fingerprint density at radius 3 is 2.88 bits per heavy atom. The molecule has 2 nitrogen and oxygen atoms in total. The van der Waals surface area contributed by atoms with Crippen molar-refractivity contribution >= 4 is 33.0 Å². The molecule has 0 aliphatic rings. The van der Waals surface area contributed by atoms with Gasteiger partial charge in [0.05, 0.1) is 17.2 Å². The van der Waals surface area contributed by atoms with Crippen molar-refractivity contribution in [2.45, 2.75) is 19.9 Å². The molecule has 0 atom stereocenters. The summed E-state index contributed by atoms with van der Waals surface area (Å²) in [6.45, 7) is 2.91. The average molecular weight is 297 g/mol. The minimum absolute atomic E-state index is 0.777. The molecule has 2 rings (SSSR count). The molecule has 1 heterocycles. The van der Waals surface area contributed by atoms with Crippen molar-refractivity contribution in [1.29, 1.82) is 0 Å². The summed E-state index contributed by atoms with van der Waals surface area (Å²) in [5, 5.41) is 6.68. The van der Waals surface area contributed by atoms with E-state index in [1.165, 1.54) is 5.01 Å². The SMILES string of the molecule is CCc1nc(CNc2ccccc2Br)cs1. The maximum absolute atomic E-state index is 4.51. The lowest BCUT2D eigenvalue weighted by Gasteiger charge is -2.06. The number of halogens is 1. The Balaban J connectivity index is 1.99. The summed E-state index contributed by atoms with van der Waals surface area (Å²) in [4.78, 5) is 4.51. The molecule has 1 aromatic carbocycles. The molecule has 4 heteroatoms. The standard InChI is InChI=1S/C12H13BrN2S/c1-2-12-15-9(8-16-12)7-14-11-6-4-3-5-10(11)13/h3-6,8,14H,2,7H2,1H3. The highest BCUT2D eigenvalue weighted by Gasteiger charge is 2.01. The number of anilines is 1. The number of hydrogen-bond donors (Lipinski definition) is 1. The molecule has 0 saturated carbocycles. The fourth-order valence-electron chi connectivity index (χ4n) is 1.38. The Kier molecular flexibility index (Phi) is 3.96. The summed E-state index contributed by atoms with van der Waals surface area (Å²) in [7, 11) is 0. The minimum atomic E-state index is 0.777. The van der Waals surface area contributed by atoms with E-state index in [0.717, 1.165) is 28.8 Å². The van der Waals surface area contributed by atoms with Crippen molar-refractivity contribution in [3.8, 4) is 0 Å². The van der Waals surface area contributed by atoms with Crippen molar-refractivity contribution in [2.24, 2.45) is 0 Å². The van der Waals surface area contributed by atoms with Crippen LogP contribution in [0, 0.1) is 0 Å². The van der Waals surface area contributed by atoms with Crippen LogP contribution in [0.2, 0.25) is 0 Å². The van der Waals surface area contributed by atoms with Gasteiger partial charge in [-0.3, -0.25) is 0 Å². The second kappa shape index (κ2) is 5.46. The van der Waals surface area contributed by atoms with Crippen molar-refractivity contribution in [3.63, 3.8) is 0 Å². The third kappa shape index (κ3) is 2.83. The van der Waals surface area contributed by atoms with Crippen molar-refractivity contribution < 1.29 is 0 Å². The average Bonchev–Trinajstić information content (AvgIpc) is 2.76. The molecule has 0 fully saturated rings. The van der Waals surface area contributed by atoms with Crippen LogP contribution in [0.25, 0.3) is 0 Å². The first-order valence-electron chi connectivity index (χ1n) is 5.21. The number of para-hydroxylation sites is 1. The van der Waals surface area contributed by atoms with E-state index in [1.807, 2.05) is 18.2 Å². The van der Waals surface area contributed by atoms with Gasteiger partial charge in [-0.25, -0.2) is 4.98 Å². The first kappa shape index (κ1) is 11.6. The summed E-state index contributed by atoms with van der Waals surface area (Å²) < 4.78 is 1.08. The summed E-state index contributed by atoms with van der Waals surface area (Å²) in [6, 6.07) is 8.11. The zero-order valence-electron chi connectivity index (χ0n) is 9.03. The van der Waals surface area contributed by atoms with E-state index < -0.39 is 0 Å². The molecule has 0 amide bonds. The molecular weight excluding hydrogens is 284 g/mol. The first-order chi connectivity index (χ1) is 7.79. The number of hydrogen-bond acceptors (Lipinski definition) is 3. The lowest BCUT2D eigenvalue weighted by Crippen LogP contribution is -2.00. The van der Waals surface area contributed by atoms with E-state index >= 15 is 0 Å². The molecule has 84 valence electrons. The number of rotatable bonds is 4. The first-order valence-corrected chi connectivity index (χ1v) is 6.88. The van der Waals surface area contributed by atoms with Gasteiger partial charge in [-0.1, -0.05) is 19.1 Å². The lowest BCUT2D eigenvalue weighted by molar-refractivity contribution is 1.01. The Bertz CT molecular complexity index is 468. The van der Waals surface area contributed by atoms with E-state index in [2.05, 4.69) is 44.6 Å². The monoisotopic (exact) mass is 296 g/mol. The Labute approximate surface area is 108 Å². The van der Waals surface area contributed by atoms with Gasteiger partial charge in [-0.05, 0) is 34.5 Å². The predicted octanol–water partition coefficient (Wildman–Crippen LogP) is 4.08. The highest BCUT2D eigenvalue weighted by molar-refractivity contribution is 9.10. The van der Waals surface area contributed by atoms with Crippen LogP contribution < -0.4 is 5.32 Å². The van der Waals surface area contributed by atoms with Crippen LogP contribution in [-0.4, -0.2) is 4.98 Å². The summed E-state index contributed by atoms with van der Waals surface area (Å²) >= 11 is 5.23. The Hall–Kier alpha value is -0.870. The molecule has 0 spiro atoms. The van der Waals surface area contributed by atoms with Crippen LogP contribution in [0.5, 0.6) is 0 Å². The zero-order valence-corrected chi connectivity index (χ0v) is 11.4. The van der Waals surface area contributed by atoms with Crippen LogP contribution >= 0.6 is 27.3 Å². The number of nitrogens with zero attached hydrogens (tertiary/aromatic N) is 1. The van der Waals surface area contributed by atoms with Crippen LogP contribution in [0.3, 0.4) is 0 Å². The Morgan fingerprint density at radius 1 is 1.38 bits per heavy atom. The van der Waals surface area contributed by atoms with Gasteiger partial charge in [0.15, 0.2) is 0 Å². The van der Waals surface area contributed by atoms with Crippen molar-refractivity contribution in [3.05, 3.63) is 44.8 Å². The second-order valence-electron chi connectivity index (χ2n) is 3.42. The number of nitrogens with one attached hydrogen (secondary N) is 1. The van der Waals surface area contributed by atoms with E-state index in [-0.39, 0.29) is 0 Å². The highest BCUT2D eigenvalue weighted by Crippen LogP contribution is 2.22. The van der Waals surface area contributed by atoms with Crippen LogP contribution in [-0.2, 0) is 13.0 Å². The minimum Gasteiger partial charge on any atom is -0.378 e. The normalized spacial score (nSPS) is 10.4. The van der Waals surface area contributed by atoms with E-state index in [9.17, 15) is 0 Å². The van der Waals surface area contributed by atoms with Gasteiger partial charge in [-0.15, -0.1) is 11.3 Å². The van der Waals surface area contributed by atoms with Crippen molar-refractivity contribution in [1.82, 2.24) is 4.98 Å². The van der Waals surface area contributed by atoms with Gasteiger partial charge in [-0.2, -0.15) is 0 Å². The number of aryl methyl sites for hydroxylation is 1. The third-order valence-corrected chi connectivity index (χ3v) is 3.97. The molecule has 0 bridgehead atoms. The van der Waals surface area contributed by atoms with Gasteiger partial charge in [0.1, 0.15) is 0 Å². The smallest absolute Gasteiger partial charge is 0.0926 e. The topological polar surface area (TPSA) is 24.9 Å². The number of thiazole rings is 1. The maximum Gasteiger partial charge on any atom is 0.0926 e. The third-order valence-electron chi connectivity index (χ3n) is 2.24. The second-order valence-corrected chi connectivity index (χ2v) is 5.22. The molecule has 0 unspecified atom stereocenters. The number of aromatic nitrogens is 1. The maximum atomic E-state index is 4.51. The predicted molar refractivity (Wildman–Crippen MR) is 73.0 cm³/mol. The van der Waals surface area contributed by atoms with E-state index in [1.54, 1.807) is 11.3 Å². The van der Waals surface area contributed by atoms with E-state index in [4.69, 9.17) is 0 Å². The quantitative estimate of drug-likeness (QED) is 0.919. The molecule has 0 aliphatic carbocycles. The molecule has 0 saturated heterocycles. The van der Waals surface area contributed by atoms with Gasteiger partial charge in [0.25, 0.3) is 0 Å². The summed E-state index contributed by atoms with van der Waals surface area (Å²) in [5.41, 5.74) is 2.21. The molecule has 1 N–H and O–H groups in total. The molecule has 0 radical (unpaired) electrons. The fraction of sp³-hybridized carbons (Fsp3) is 0.250. The molecule has 0 aliphatic heterocycles. The van der Waals surface area contributed by atoms with Crippen LogP contribution in [0.4, 0.5) is 5.69 Å². The fourth-order valence-corrected chi connectivity index (χ4v) is 2.55. The van der Waals surface area contributed by atoms with Gasteiger partial charge in [0.2, 0.25) is 0 Å². The molecule has 1 aromatic heterocycles. The molecular formula is C12H13BrN2S.